The molecule has 7 aromatic carbocycles. The third-order valence-corrected chi connectivity index (χ3v) is 15.7. The Balaban J connectivity index is 1.16. The molecule has 7 aromatic rings. The molecule has 1 aliphatic heterocycles. The first kappa shape index (κ1) is 34.6. The van der Waals surface area contributed by atoms with Gasteiger partial charge in [-0.3, -0.25) is 0 Å². The molecule has 0 bridgehead atoms. The van der Waals surface area contributed by atoms with E-state index in [4.69, 9.17) is 9.47 Å². The summed E-state index contributed by atoms with van der Waals surface area (Å²) in [5.41, 5.74) is 2.27. The summed E-state index contributed by atoms with van der Waals surface area (Å²) in [7, 11) is -0.980. The highest BCUT2D eigenvalue weighted by Gasteiger charge is 2.23. The first-order valence-electron chi connectivity index (χ1n) is 18.9. The Bertz CT molecular complexity index is 2070. The molecule has 1 heterocycles. The Morgan fingerprint density at radius 1 is 0.346 bits per heavy atom. The van der Waals surface area contributed by atoms with Gasteiger partial charge in [0.1, 0.15) is 11.5 Å². The van der Waals surface area contributed by atoms with Crippen LogP contribution in [0.25, 0.3) is 32.7 Å². The van der Waals surface area contributed by atoms with E-state index in [9.17, 15) is 0 Å². The summed E-state index contributed by atoms with van der Waals surface area (Å²) in [5, 5.41) is 10.9. The summed E-state index contributed by atoms with van der Waals surface area (Å²) in [4.78, 5) is 0. The van der Waals surface area contributed by atoms with Gasteiger partial charge >= 0.3 is 0 Å². The second kappa shape index (κ2) is 16.9. The first-order valence-corrected chi connectivity index (χ1v) is 21.9. The van der Waals surface area contributed by atoms with Gasteiger partial charge in [-0.05, 0) is 122 Å². The fourth-order valence-corrected chi connectivity index (χ4v) is 13.3. The molecule has 0 spiro atoms. The lowest BCUT2D eigenvalue weighted by atomic mass is 9.92. The second-order valence-electron chi connectivity index (χ2n) is 13.6. The lowest BCUT2D eigenvalue weighted by Crippen LogP contribution is -2.30. The van der Waals surface area contributed by atoms with Crippen molar-refractivity contribution in [2.75, 3.05) is 25.5 Å². The fraction of sp³-hybridized carbons (Fsp3) is 0.208. The molecule has 4 heteroatoms. The number of hydrogen-bond donors (Lipinski definition) is 0. The molecule has 0 fully saturated rings. The van der Waals surface area contributed by atoms with Crippen LogP contribution in [-0.2, 0) is 0 Å². The highest BCUT2D eigenvalue weighted by Crippen LogP contribution is 2.46. The van der Waals surface area contributed by atoms with Gasteiger partial charge in [0.25, 0.3) is 0 Å². The van der Waals surface area contributed by atoms with Crippen molar-refractivity contribution < 1.29 is 9.47 Å². The maximum absolute atomic E-state index is 6.77. The van der Waals surface area contributed by atoms with Crippen LogP contribution in [0.3, 0.4) is 0 Å². The molecule has 0 saturated heterocycles. The van der Waals surface area contributed by atoms with E-state index in [-0.39, 0.29) is 0 Å². The van der Waals surface area contributed by atoms with Gasteiger partial charge in [-0.1, -0.05) is 146 Å². The third-order valence-electron chi connectivity index (χ3n) is 10.2. The smallest absolute Gasteiger partial charge is 0.127 e. The molecule has 2 atom stereocenters. The SMILES string of the molecule is c1ccc(P2CCCCCOc3ccc4ccccc4c3-c3c(ccc4ccccc34)OCCCCCP(c3ccccc3)c3ccccc32)cc1. The van der Waals surface area contributed by atoms with Gasteiger partial charge < -0.3 is 9.47 Å². The van der Waals surface area contributed by atoms with Crippen LogP contribution >= 0.6 is 15.8 Å². The maximum atomic E-state index is 6.77. The van der Waals surface area contributed by atoms with E-state index in [0.29, 0.717) is 13.2 Å². The molecule has 0 amide bonds. The van der Waals surface area contributed by atoms with Crippen LogP contribution in [0.5, 0.6) is 11.5 Å². The molecule has 0 aromatic heterocycles. The second-order valence-corrected chi connectivity index (χ2v) is 18.2. The van der Waals surface area contributed by atoms with Gasteiger partial charge in [0, 0.05) is 11.1 Å². The molecule has 0 radical (unpaired) electrons. The molecule has 52 heavy (non-hydrogen) atoms. The third kappa shape index (κ3) is 7.66. The molecule has 2 unspecified atom stereocenters. The monoisotopic (exact) mass is 716 g/mol. The van der Waals surface area contributed by atoms with Crippen molar-refractivity contribution in [3.8, 4) is 22.6 Å². The maximum Gasteiger partial charge on any atom is 0.127 e. The number of ether oxygens (including phenoxy) is 2. The van der Waals surface area contributed by atoms with Gasteiger partial charge in [0.05, 0.1) is 13.2 Å². The Morgan fingerprint density at radius 2 is 0.750 bits per heavy atom. The quantitative estimate of drug-likeness (QED) is 0.166. The van der Waals surface area contributed by atoms with Crippen LogP contribution < -0.4 is 30.7 Å². The lowest BCUT2D eigenvalue weighted by molar-refractivity contribution is 0.304. The topological polar surface area (TPSA) is 18.5 Å². The standard InChI is InChI=1S/C48H46O2P2/c1-5-21-39(22-6-1)51-35-17-3-15-33-49-43-31-29-37-19-9-11-25-41(37)47(43)48-42-26-12-10-20-38(42)30-32-44(48)50-34-16-4-18-36-52(40-23-7-2-8-24-40)46-28-14-13-27-45(46)51/h1-2,5-14,19-32H,3-4,15-18,33-36H2. The van der Waals surface area contributed by atoms with Crippen LogP contribution in [0.1, 0.15) is 38.5 Å². The van der Waals surface area contributed by atoms with Crippen molar-refractivity contribution in [1.82, 2.24) is 0 Å². The number of hydrogen-bond acceptors (Lipinski definition) is 2. The summed E-state index contributed by atoms with van der Waals surface area (Å²) < 4.78 is 13.5. The summed E-state index contributed by atoms with van der Waals surface area (Å²) in [6.07, 6.45) is 9.02. The zero-order valence-electron chi connectivity index (χ0n) is 29.8. The highest BCUT2D eigenvalue weighted by molar-refractivity contribution is 7.79. The van der Waals surface area contributed by atoms with Gasteiger partial charge in [0.2, 0.25) is 0 Å². The van der Waals surface area contributed by atoms with Crippen LogP contribution in [0.2, 0.25) is 0 Å². The minimum absolute atomic E-state index is 0.490. The Morgan fingerprint density at radius 3 is 1.21 bits per heavy atom. The first-order chi connectivity index (χ1) is 25.8. The van der Waals surface area contributed by atoms with E-state index in [1.54, 1.807) is 10.6 Å². The van der Waals surface area contributed by atoms with Crippen molar-refractivity contribution in [2.45, 2.75) is 38.5 Å². The molecular formula is C48H46O2P2. The molecule has 0 aliphatic carbocycles. The minimum atomic E-state index is -0.490. The van der Waals surface area contributed by atoms with Crippen LogP contribution in [0.15, 0.2) is 158 Å². The Labute approximate surface area is 311 Å². The van der Waals surface area contributed by atoms with E-state index in [1.165, 1.54) is 57.3 Å². The zero-order chi connectivity index (χ0) is 35.0. The van der Waals surface area contributed by atoms with Crippen molar-refractivity contribution in [2.24, 2.45) is 0 Å². The van der Waals surface area contributed by atoms with E-state index in [0.717, 1.165) is 48.3 Å². The van der Waals surface area contributed by atoms with Crippen LogP contribution in [0.4, 0.5) is 0 Å². The van der Waals surface area contributed by atoms with Crippen LogP contribution in [0, 0.1) is 0 Å². The van der Waals surface area contributed by atoms with Crippen molar-refractivity contribution in [1.29, 1.82) is 0 Å². The Hall–Kier alpha value is -4.48. The van der Waals surface area contributed by atoms with Crippen molar-refractivity contribution in [3.63, 3.8) is 0 Å². The summed E-state index contributed by atoms with van der Waals surface area (Å²) >= 11 is 0. The average Bonchev–Trinajstić information content (AvgIpc) is 3.20. The summed E-state index contributed by atoms with van der Waals surface area (Å²) in [6.45, 7) is 1.37. The van der Waals surface area contributed by atoms with Crippen molar-refractivity contribution >= 4 is 58.6 Å². The van der Waals surface area contributed by atoms with E-state index >= 15 is 0 Å². The summed E-state index contributed by atoms with van der Waals surface area (Å²) in [5.74, 6) is 1.87. The lowest BCUT2D eigenvalue weighted by Gasteiger charge is -2.27. The molecule has 260 valence electrons. The molecule has 2 nitrogen and oxygen atoms in total. The van der Waals surface area contributed by atoms with E-state index in [2.05, 4.69) is 158 Å². The highest BCUT2D eigenvalue weighted by atomic mass is 31.1. The number of benzene rings is 7. The molecule has 0 saturated carbocycles. The minimum Gasteiger partial charge on any atom is -0.493 e. The Kier molecular flexibility index (Phi) is 11.2. The number of fused-ring (bicyclic) bond motifs is 8. The molecule has 8 rings (SSSR count). The van der Waals surface area contributed by atoms with E-state index in [1.807, 2.05) is 0 Å². The average molecular weight is 717 g/mol. The van der Waals surface area contributed by atoms with Gasteiger partial charge in [-0.25, -0.2) is 0 Å². The van der Waals surface area contributed by atoms with Gasteiger partial charge in [0.15, 0.2) is 0 Å². The van der Waals surface area contributed by atoms with Crippen molar-refractivity contribution in [3.05, 3.63) is 158 Å². The molecule has 0 N–H and O–H groups in total. The molecule has 1 aliphatic rings. The normalized spacial score (nSPS) is 17.5. The predicted octanol–water partition coefficient (Wildman–Crippen LogP) is 11.3. The zero-order valence-corrected chi connectivity index (χ0v) is 31.6. The van der Waals surface area contributed by atoms with Gasteiger partial charge in [-0.2, -0.15) is 0 Å². The summed E-state index contributed by atoms with van der Waals surface area (Å²) in [6, 6.07) is 58.2. The van der Waals surface area contributed by atoms with E-state index < -0.39 is 15.8 Å². The van der Waals surface area contributed by atoms with Crippen LogP contribution in [-0.4, -0.2) is 25.5 Å². The number of rotatable bonds is 2. The molecular weight excluding hydrogens is 670 g/mol. The van der Waals surface area contributed by atoms with Gasteiger partial charge in [-0.15, -0.1) is 0 Å². The largest absolute Gasteiger partial charge is 0.493 e. The fourth-order valence-electron chi connectivity index (χ4n) is 7.63. The predicted molar refractivity (Wildman–Crippen MR) is 227 cm³/mol.